The van der Waals surface area contributed by atoms with Crippen LogP contribution >= 0.6 is 23.1 Å². The predicted octanol–water partition coefficient (Wildman–Crippen LogP) is 2.34. The van der Waals surface area contributed by atoms with E-state index in [9.17, 15) is 4.79 Å². The van der Waals surface area contributed by atoms with E-state index in [1.807, 2.05) is 13.8 Å². The number of aryl methyl sites for hydroxylation is 2. The van der Waals surface area contributed by atoms with Crippen LogP contribution < -0.4 is 5.56 Å². The minimum absolute atomic E-state index is 0.0469. The molecule has 0 N–H and O–H groups in total. The summed E-state index contributed by atoms with van der Waals surface area (Å²) in [6.45, 7) is 4.82. The molecule has 106 valence electrons. The molecule has 7 heteroatoms. The third-order valence-electron chi connectivity index (χ3n) is 3.04. The minimum atomic E-state index is -0.0469. The fraction of sp³-hybridized carbons (Fsp3) is 0.462. The standard InChI is InChI=1S/C13H15N3O2S2/c1-8-9(2)20-11-10(8)12(17)16(5-6-18-3)13(15-11)19-7-4-14/h5-7H2,1-3H3. The van der Waals surface area contributed by atoms with Gasteiger partial charge in [0.05, 0.1) is 30.4 Å². The quantitative estimate of drug-likeness (QED) is 0.626. The highest BCUT2D eigenvalue weighted by Crippen LogP contribution is 2.28. The summed E-state index contributed by atoms with van der Waals surface area (Å²) in [5.74, 6) is 0.272. The number of hydrogen-bond acceptors (Lipinski definition) is 6. The summed E-state index contributed by atoms with van der Waals surface area (Å²) in [7, 11) is 1.60. The van der Waals surface area contributed by atoms with Crippen molar-refractivity contribution >= 4 is 33.3 Å². The lowest BCUT2D eigenvalue weighted by atomic mass is 10.2. The van der Waals surface area contributed by atoms with Crippen LogP contribution in [0.1, 0.15) is 10.4 Å². The molecule has 0 radical (unpaired) electrons. The van der Waals surface area contributed by atoms with Gasteiger partial charge in [-0.25, -0.2) is 4.98 Å². The Morgan fingerprint density at radius 3 is 2.90 bits per heavy atom. The molecule has 0 aliphatic heterocycles. The van der Waals surface area contributed by atoms with Crippen molar-refractivity contribution in [2.75, 3.05) is 19.5 Å². The Morgan fingerprint density at radius 2 is 2.25 bits per heavy atom. The lowest BCUT2D eigenvalue weighted by Crippen LogP contribution is -2.25. The van der Waals surface area contributed by atoms with E-state index in [1.54, 1.807) is 11.7 Å². The number of nitrogens with zero attached hydrogens (tertiary/aromatic N) is 3. The fourth-order valence-electron chi connectivity index (χ4n) is 1.90. The maximum absolute atomic E-state index is 12.6. The summed E-state index contributed by atoms with van der Waals surface area (Å²) in [6, 6.07) is 2.06. The predicted molar refractivity (Wildman–Crippen MR) is 81.6 cm³/mol. The van der Waals surface area contributed by atoms with Crippen molar-refractivity contribution < 1.29 is 4.74 Å². The third-order valence-corrected chi connectivity index (χ3v) is 4.98. The van der Waals surface area contributed by atoms with Gasteiger partial charge in [0.25, 0.3) is 5.56 Å². The SMILES string of the molecule is COCCn1c(SCC#N)nc2sc(C)c(C)c2c1=O. The Kier molecular flexibility index (Phi) is 4.81. The van der Waals surface area contributed by atoms with Crippen molar-refractivity contribution in [2.45, 2.75) is 25.5 Å². The van der Waals surface area contributed by atoms with Crippen LogP contribution in [0.4, 0.5) is 0 Å². The van der Waals surface area contributed by atoms with E-state index < -0.39 is 0 Å². The molecule has 0 saturated heterocycles. The number of nitriles is 1. The topological polar surface area (TPSA) is 67.9 Å². The first kappa shape index (κ1) is 15.0. The van der Waals surface area contributed by atoms with Crippen LogP contribution in [0.2, 0.25) is 0 Å². The van der Waals surface area contributed by atoms with Gasteiger partial charge in [-0.05, 0) is 19.4 Å². The highest BCUT2D eigenvalue weighted by atomic mass is 32.2. The van der Waals surface area contributed by atoms with Crippen LogP contribution in [0.3, 0.4) is 0 Å². The summed E-state index contributed by atoms with van der Waals surface area (Å²) >= 11 is 2.80. The van der Waals surface area contributed by atoms with Crippen molar-refractivity contribution in [1.29, 1.82) is 5.26 Å². The first-order chi connectivity index (χ1) is 9.60. The molecule has 0 amide bonds. The number of thioether (sulfide) groups is 1. The van der Waals surface area contributed by atoms with E-state index in [-0.39, 0.29) is 11.3 Å². The minimum Gasteiger partial charge on any atom is -0.383 e. The second-order valence-electron chi connectivity index (χ2n) is 4.25. The van der Waals surface area contributed by atoms with Gasteiger partial charge in [0.15, 0.2) is 5.16 Å². The van der Waals surface area contributed by atoms with E-state index in [4.69, 9.17) is 10.00 Å². The number of hydrogen-bond donors (Lipinski definition) is 0. The van der Waals surface area contributed by atoms with Gasteiger partial charge in [0, 0.05) is 12.0 Å². The van der Waals surface area contributed by atoms with Gasteiger partial charge < -0.3 is 4.74 Å². The van der Waals surface area contributed by atoms with Gasteiger partial charge in [-0.15, -0.1) is 11.3 Å². The molecule has 0 aromatic carbocycles. The summed E-state index contributed by atoms with van der Waals surface area (Å²) in [5, 5.41) is 9.99. The molecule has 0 bridgehead atoms. The van der Waals surface area contributed by atoms with Crippen LogP contribution in [0, 0.1) is 25.2 Å². The smallest absolute Gasteiger partial charge is 0.263 e. The fourth-order valence-corrected chi connectivity index (χ4v) is 3.65. The van der Waals surface area contributed by atoms with Crippen LogP contribution in [-0.4, -0.2) is 29.0 Å². The van der Waals surface area contributed by atoms with Crippen molar-refractivity contribution in [3.05, 3.63) is 20.8 Å². The molecule has 0 saturated carbocycles. The van der Waals surface area contributed by atoms with Gasteiger partial charge in [-0.2, -0.15) is 5.26 Å². The molecule has 0 atom stereocenters. The summed E-state index contributed by atoms with van der Waals surface area (Å²) in [6.07, 6.45) is 0. The van der Waals surface area contributed by atoms with Crippen LogP contribution in [0.25, 0.3) is 10.2 Å². The lowest BCUT2D eigenvalue weighted by molar-refractivity contribution is 0.183. The van der Waals surface area contributed by atoms with Gasteiger partial charge in [0.1, 0.15) is 4.83 Å². The summed E-state index contributed by atoms with van der Waals surface area (Å²) in [4.78, 5) is 19.0. The van der Waals surface area contributed by atoms with Crippen LogP contribution in [0.15, 0.2) is 9.95 Å². The number of thiophene rings is 1. The Balaban J connectivity index is 2.63. The molecule has 2 heterocycles. The average molecular weight is 309 g/mol. The molecule has 2 rings (SSSR count). The Hall–Kier alpha value is -1.36. The second-order valence-corrected chi connectivity index (χ2v) is 6.40. The molecule has 2 aromatic heterocycles. The lowest BCUT2D eigenvalue weighted by Gasteiger charge is -2.10. The van der Waals surface area contributed by atoms with Crippen molar-refractivity contribution in [2.24, 2.45) is 0 Å². The molecule has 0 fully saturated rings. The molecule has 0 spiro atoms. The highest BCUT2D eigenvalue weighted by Gasteiger charge is 2.16. The zero-order valence-corrected chi connectivity index (χ0v) is 13.2. The maximum atomic E-state index is 12.6. The third kappa shape index (κ3) is 2.73. The number of fused-ring (bicyclic) bond motifs is 1. The van der Waals surface area contributed by atoms with Gasteiger partial charge in [-0.1, -0.05) is 11.8 Å². The Labute approximate surface area is 125 Å². The van der Waals surface area contributed by atoms with E-state index in [2.05, 4.69) is 11.1 Å². The molecular formula is C13H15N3O2S2. The number of aromatic nitrogens is 2. The van der Waals surface area contributed by atoms with Crippen LogP contribution in [-0.2, 0) is 11.3 Å². The van der Waals surface area contributed by atoms with E-state index in [1.165, 1.54) is 23.1 Å². The van der Waals surface area contributed by atoms with Crippen molar-refractivity contribution in [3.8, 4) is 6.07 Å². The summed E-state index contributed by atoms with van der Waals surface area (Å²) < 4.78 is 6.65. The van der Waals surface area contributed by atoms with Gasteiger partial charge in [-0.3, -0.25) is 9.36 Å². The normalized spacial score (nSPS) is 10.9. The molecular weight excluding hydrogens is 294 g/mol. The number of ether oxygens (including phenoxy) is 1. The molecule has 5 nitrogen and oxygen atoms in total. The zero-order valence-electron chi connectivity index (χ0n) is 11.6. The van der Waals surface area contributed by atoms with Crippen LogP contribution in [0.5, 0.6) is 0 Å². The highest BCUT2D eigenvalue weighted by molar-refractivity contribution is 7.99. The number of methoxy groups -OCH3 is 1. The van der Waals surface area contributed by atoms with Gasteiger partial charge in [0.2, 0.25) is 0 Å². The first-order valence-electron chi connectivity index (χ1n) is 6.09. The summed E-state index contributed by atoms with van der Waals surface area (Å²) in [5.41, 5.74) is 0.944. The molecule has 20 heavy (non-hydrogen) atoms. The largest absolute Gasteiger partial charge is 0.383 e. The number of rotatable bonds is 5. The second kappa shape index (κ2) is 6.39. The monoisotopic (exact) mass is 309 g/mol. The van der Waals surface area contributed by atoms with E-state index >= 15 is 0 Å². The zero-order chi connectivity index (χ0) is 14.7. The Bertz CT molecular complexity index is 728. The van der Waals surface area contributed by atoms with Crippen molar-refractivity contribution in [3.63, 3.8) is 0 Å². The van der Waals surface area contributed by atoms with E-state index in [0.717, 1.165) is 15.3 Å². The molecule has 2 aromatic rings. The van der Waals surface area contributed by atoms with Crippen molar-refractivity contribution in [1.82, 2.24) is 9.55 Å². The first-order valence-corrected chi connectivity index (χ1v) is 7.89. The molecule has 0 unspecified atom stereocenters. The Morgan fingerprint density at radius 1 is 1.50 bits per heavy atom. The molecule has 0 aliphatic carbocycles. The van der Waals surface area contributed by atoms with Gasteiger partial charge >= 0.3 is 0 Å². The molecule has 0 aliphatic rings. The average Bonchev–Trinajstić information content (AvgIpc) is 2.71. The van der Waals surface area contributed by atoms with E-state index in [0.29, 0.717) is 23.7 Å². The maximum Gasteiger partial charge on any atom is 0.263 e.